The zero-order chi connectivity index (χ0) is 17.3. The molecule has 0 aromatic heterocycles. The third-order valence-electron chi connectivity index (χ3n) is 8.03. The Morgan fingerprint density at radius 1 is 1.12 bits per heavy atom. The van der Waals surface area contributed by atoms with Crippen molar-refractivity contribution in [1.82, 2.24) is 0 Å². The van der Waals surface area contributed by atoms with Gasteiger partial charge in [0, 0.05) is 16.8 Å². The fourth-order valence-corrected chi connectivity index (χ4v) is 6.67. The number of carbonyl (C=O) groups excluding carboxylic acids is 2. The van der Waals surface area contributed by atoms with Crippen molar-refractivity contribution in [2.45, 2.75) is 64.8 Å². The van der Waals surface area contributed by atoms with Gasteiger partial charge in [0.1, 0.15) is 5.78 Å². The molecule has 130 valence electrons. The van der Waals surface area contributed by atoms with E-state index < -0.39 is 11.5 Å². The van der Waals surface area contributed by atoms with Crippen LogP contribution in [-0.2, 0) is 9.59 Å². The summed E-state index contributed by atoms with van der Waals surface area (Å²) in [5, 5.41) is 11.7. The number of hydrogen-bond acceptors (Lipinski definition) is 4. The van der Waals surface area contributed by atoms with Gasteiger partial charge in [0.05, 0.1) is 11.8 Å². The van der Waals surface area contributed by atoms with Gasteiger partial charge in [-0.25, -0.2) is 0 Å². The summed E-state index contributed by atoms with van der Waals surface area (Å²) in [4.78, 5) is 35.9. The first-order valence-electron chi connectivity index (χ1n) is 9.19. The van der Waals surface area contributed by atoms with Crippen molar-refractivity contribution in [2.24, 2.45) is 28.6 Å². The maximum absolute atomic E-state index is 12.4. The van der Waals surface area contributed by atoms with E-state index in [4.69, 9.17) is 0 Å². The van der Waals surface area contributed by atoms with Crippen LogP contribution in [0.15, 0.2) is 11.6 Å². The van der Waals surface area contributed by atoms with Crippen LogP contribution < -0.4 is 0 Å². The van der Waals surface area contributed by atoms with Gasteiger partial charge in [-0.15, -0.1) is 0 Å². The first kappa shape index (κ1) is 16.0. The number of Topliss-reactive ketones (excluding diaryl/α,β-unsaturated/α-hetero) is 1. The molecular formula is C19H25NO4. The number of rotatable bonds is 1. The van der Waals surface area contributed by atoms with Crippen molar-refractivity contribution in [3.05, 3.63) is 21.8 Å². The normalized spacial score (nSPS) is 47.5. The third-order valence-corrected chi connectivity index (χ3v) is 8.03. The van der Waals surface area contributed by atoms with Crippen LogP contribution in [0.2, 0.25) is 0 Å². The summed E-state index contributed by atoms with van der Waals surface area (Å²) in [5.41, 5.74) is 0.260. The Labute approximate surface area is 142 Å². The third kappa shape index (κ3) is 1.87. The maximum atomic E-state index is 12.4. The lowest BCUT2D eigenvalue weighted by atomic mass is 9.46. The molecule has 1 unspecified atom stereocenters. The number of nitrogens with zero attached hydrogens (tertiary/aromatic N) is 1. The first-order valence-corrected chi connectivity index (χ1v) is 9.19. The summed E-state index contributed by atoms with van der Waals surface area (Å²) >= 11 is 0. The Morgan fingerprint density at radius 3 is 2.58 bits per heavy atom. The summed E-state index contributed by atoms with van der Waals surface area (Å²) in [6, 6.07) is -0.806. The second kappa shape index (κ2) is 4.99. The van der Waals surface area contributed by atoms with E-state index in [2.05, 4.69) is 6.92 Å². The molecule has 4 aliphatic carbocycles. The van der Waals surface area contributed by atoms with Crippen LogP contribution in [0, 0.1) is 38.7 Å². The molecule has 6 atom stereocenters. The van der Waals surface area contributed by atoms with Gasteiger partial charge < -0.3 is 0 Å². The molecule has 0 heterocycles. The SMILES string of the molecule is C[C@]12CC[C@@H]3[C@@H](CCC4=CC(=O)CC([N+](=O)[O-])[C@@]43C)[C@@H]1CCC2=O. The van der Waals surface area contributed by atoms with E-state index in [0.29, 0.717) is 24.0 Å². The molecule has 4 rings (SSSR count). The molecule has 0 N–H and O–H groups in total. The number of fused-ring (bicyclic) bond motifs is 5. The van der Waals surface area contributed by atoms with Crippen molar-refractivity contribution in [3.8, 4) is 0 Å². The van der Waals surface area contributed by atoms with Gasteiger partial charge in [-0.05, 0) is 62.9 Å². The second-order valence-electron chi connectivity index (χ2n) is 8.76. The lowest BCUT2D eigenvalue weighted by Crippen LogP contribution is -2.57. The molecule has 5 nitrogen and oxygen atoms in total. The van der Waals surface area contributed by atoms with Crippen molar-refractivity contribution >= 4 is 11.6 Å². The largest absolute Gasteiger partial charge is 0.299 e. The average molecular weight is 331 g/mol. The van der Waals surface area contributed by atoms with Crippen LogP contribution in [0.1, 0.15) is 58.8 Å². The van der Waals surface area contributed by atoms with E-state index in [1.54, 1.807) is 6.08 Å². The zero-order valence-corrected chi connectivity index (χ0v) is 14.4. The lowest BCUT2D eigenvalue weighted by Gasteiger charge is -2.56. The lowest BCUT2D eigenvalue weighted by molar-refractivity contribution is -0.542. The molecule has 0 bridgehead atoms. The van der Waals surface area contributed by atoms with Gasteiger partial charge in [0.2, 0.25) is 6.04 Å². The quantitative estimate of drug-likeness (QED) is 0.545. The summed E-state index contributed by atoms with van der Waals surface area (Å²) in [6.07, 6.45) is 6.79. The molecular weight excluding hydrogens is 306 g/mol. The number of ketones is 2. The fraction of sp³-hybridized carbons (Fsp3) is 0.789. The van der Waals surface area contributed by atoms with Crippen LogP contribution >= 0.6 is 0 Å². The molecule has 0 aromatic carbocycles. The molecule has 3 fully saturated rings. The van der Waals surface area contributed by atoms with Gasteiger partial charge in [0.15, 0.2) is 5.78 Å². The predicted molar refractivity (Wildman–Crippen MR) is 87.9 cm³/mol. The van der Waals surface area contributed by atoms with Crippen LogP contribution in [-0.4, -0.2) is 22.5 Å². The summed E-state index contributed by atoms with van der Waals surface area (Å²) < 4.78 is 0. The van der Waals surface area contributed by atoms with Crippen LogP contribution in [0.25, 0.3) is 0 Å². The Kier molecular flexibility index (Phi) is 3.32. The molecule has 0 aliphatic heterocycles. The van der Waals surface area contributed by atoms with Gasteiger partial charge >= 0.3 is 0 Å². The maximum Gasteiger partial charge on any atom is 0.229 e. The molecule has 0 saturated heterocycles. The minimum atomic E-state index is -0.806. The minimum absolute atomic E-state index is 0.0249. The highest BCUT2D eigenvalue weighted by molar-refractivity contribution is 5.92. The van der Waals surface area contributed by atoms with Gasteiger partial charge in [-0.3, -0.25) is 19.7 Å². The van der Waals surface area contributed by atoms with Crippen LogP contribution in [0.3, 0.4) is 0 Å². The van der Waals surface area contributed by atoms with E-state index in [0.717, 1.165) is 37.7 Å². The number of hydrogen-bond donors (Lipinski definition) is 0. The molecule has 5 heteroatoms. The summed E-state index contributed by atoms with van der Waals surface area (Å²) in [5.74, 6) is 1.27. The summed E-state index contributed by atoms with van der Waals surface area (Å²) in [6.45, 7) is 4.14. The van der Waals surface area contributed by atoms with Gasteiger partial charge in [0.25, 0.3) is 0 Å². The zero-order valence-electron chi connectivity index (χ0n) is 14.4. The highest BCUT2D eigenvalue weighted by atomic mass is 16.6. The highest BCUT2D eigenvalue weighted by Crippen LogP contribution is 2.64. The smallest absolute Gasteiger partial charge is 0.229 e. The molecule has 0 aromatic rings. The molecule has 4 aliphatic rings. The molecule has 3 saturated carbocycles. The van der Waals surface area contributed by atoms with Crippen molar-refractivity contribution in [3.63, 3.8) is 0 Å². The van der Waals surface area contributed by atoms with Crippen LogP contribution in [0.4, 0.5) is 0 Å². The molecule has 0 spiro atoms. The van der Waals surface area contributed by atoms with Crippen molar-refractivity contribution < 1.29 is 14.5 Å². The van der Waals surface area contributed by atoms with E-state index in [1.807, 2.05) is 6.92 Å². The second-order valence-corrected chi connectivity index (χ2v) is 8.76. The van der Waals surface area contributed by atoms with Crippen LogP contribution in [0.5, 0.6) is 0 Å². The number of carbonyl (C=O) groups is 2. The first-order chi connectivity index (χ1) is 11.3. The number of nitro groups is 1. The van der Waals surface area contributed by atoms with Crippen molar-refractivity contribution in [2.75, 3.05) is 0 Å². The Bertz CT molecular complexity index is 668. The van der Waals surface area contributed by atoms with E-state index in [-0.39, 0.29) is 28.5 Å². The predicted octanol–water partition coefficient (Wildman–Crippen LogP) is 3.34. The van der Waals surface area contributed by atoms with E-state index in [9.17, 15) is 19.7 Å². The minimum Gasteiger partial charge on any atom is -0.299 e. The molecule has 24 heavy (non-hydrogen) atoms. The fourth-order valence-electron chi connectivity index (χ4n) is 6.67. The monoisotopic (exact) mass is 331 g/mol. The molecule has 0 amide bonds. The highest BCUT2D eigenvalue weighted by Gasteiger charge is 2.63. The topological polar surface area (TPSA) is 77.3 Å². The van der Waals surface area contributed by atoms with Gasteiger partial charge in [-0.2, -0.15) is 0 Å². The van der Waals surface area contributed by atoms with Gasteiger partial charge in [-0.1, -0.05) is 12.5 Å². The van der Waals surface area contributed by atoms with Crippen molar-refractivity contribution in [1.29, 1.82) is 0 Å². The van der Waals surface area contributed by atoms with E-state index >= 15 is 0 Å². The van der Waals surface area contributed by atoms with E-state index in [1.165, 1.54) is 0 Å². The Hall–Kier alpha value is -1.52. The molecule has 0 radical (unpaired) electrons. The summed E-state index contributed by atoms with van der Waals surface area (Å²) in [7, 11) is 0. The average Bonchev–Trinajstić information content (AvgIpc) is 2.83. The Morgan fingerprint density at radius 2 is 1.88 bits per heavy atom. The standard InChI is InChI=1S/C19H25NO4/c1-18-8-7-15-13(14(18)5-6-17(18)22)4-3-11-9-12(21)10-16(20(23)24)19(11,15)2/h9,13-16H,3-8,10H2,1-2H3/t13-,14-,15+,16?,18-,19-/m0/s1. The Balaban J connectivity index is 1.76.